The van der Waals surface area contributed by atoms with Gasteiger partial charge in [-0.2, -0.15) is 0 Å². The molecule has 0 aromatic heterocycles. The second-order valence-corrected chi connectivity index (χ2v) is 5.17. The van der Waals surface area contributed by atoms with Crippen molar-refractivity contribution in [3.8, 4) is 11.5 Å². The lowest BCUT2D eigenvalue weighted by Gasteiger charge is -2.20. The molecule has 1 aliphatic rings. The van der Waals surface area contributed by atoms with Crippen LogP contribution in [0.4, 0.5) is 4.39 Å². The summed E-state index contributed by atoms with van der Waals surface area (Å²) in [7, 11) is 0. The van der Waals surface area contributed by atoms with E-state index in [-0.39, 0.29) is 11.7 Å². The monoisotopic (exact) mass is 287 g/mol. The van der Waals surface area contributed by atoms with Crippen LogP contribution >= 0.6 is 0 Å². The molecule has 0 saturated carbocycles. The highest BCUT2D eigenvalue weighted by atomic mass is 19.1. The van der Waals surface area contributed by atoms with Gasteiger partial charge in [0.25, 0.3) is 0 Å². The lowest BCUT2D eigenvalue weighted by Crippen LogP contribution is -2.17. The highest BCUT2D eigenvalue weighted by molar-refractivity contribution is 5.44. The minimum Gasteiger partial charge on any atom is -0.486 e. The van der Waals surface area contributed by atoms with Crippen LogP contribution in [0.25, 0.3) is 0 Å². The fourth-order valence-electron chi connectivity index (χ4n) is 2.60. The Morgan fingerprint density at radius 2 is 1.86 bits per heavy atom. The first-order valence-corrected chi connectivity index (χ1v) is 7.10. The van der Waals surface area contributed by atoms with Gasteiger partial charge in [0.15, 0.2) is 11.5 Å². The van der Waals surface area contributed by atoms with Gasteiger partial charge in [0.2, 0.25) is 0 Å². The Kier molecular flexibility index (Phi) is 4.06. The fourth-order valence-corrected chi connectivity index (χ4v) is 2.60. The molecule has 1 heterocycles. The summed E-state index contributed by atoms with van der Waals surface area (Å²) in [6, 6.07) is 12.5. The normalized spacial score (nSPS) is 14.8. The van der Waals surface area contributed by atoms with Crippen molar-refractivity contribution in [3.63, 3.8) is 0 Å². The zero-order chi connectivity index (χ0) is 14.7. The predicted octanol–water partition coefficient (Wildman–Crippen LogP) is 2.88. The molecule has 2 N–H and O–H groups in total. The van der Waals surface area contributed by atoms with Crippen molar-refractivity contribution in [2.75, 3.05) is 19.8 Å². The topological polar surface area (TPSA) is 44.5 Å². The van der Waals surface area contributed by atoms with Crippen molar-refractivity contribution in [2.24, 2.45) is 5.73 Å². The molecule has 4 heteroatoms. The second kappa shape index (κ2) is 6.14. The first kappa shape index (κ1) is 13.9. The van der Waals surface area contributed by atoms with Crippen molar-refractivity contribution in [1.82, 2.24) is 0 Å². The predicted molar refractivity (Wildman–Crippen MR) is 79.3 cm³/mol. The summed E-state index contributed by atoms with van der Waals surface area (Å²) in [6.45, 7) is 1.62. The molecule has 0 saturated heterocycles. The summed E-state index contributed by atoms with van der Waals surface area (Å²) in [5, 5.41) is 0. The molecule has 0 aliphatic carbocycles. The molecule has 0 spiro atoms. The Labute approximate surface area is 123 Å². The number of rotatable bonds is 4. The van der Waals surface area contributed by atoms with Gasteiger partial charge in [-0.3, -0.25) is 0 Å². The molecule has 2 aromatic carbocycles. The summed E-state index contributed by atoms with van der Waals surface area (Å²) in [4.78, 5) is 0. The summed E-state index contributed by atoms with van der Waals surface area (Å²) < 4.78 is 24.4. The van der Waals surface area contributed by atoms with Crippen LogP contribution in [0.1, 0.15) is 17.0 Å². The van der Waals surface area contributed by atoms with E-state index in [1.54, 1.807) is 12.1 Å². The first-order valence-electron chi connectivity index (χ1n) is 7.10. The zero-order valence-electron chi connectivity index (χ0n) is 11.7. The molecular formula is C17H18FNO2. The molecule has 1 aliphatic heterocycles. The van der Waals surface area contributed by atoms with E-state index in [1.807, 2.05) is 24.3 Å². The molecule has 0 radical (unpaired) electrons. The Morgan fingerprint density at radius 3 is 2.62 bits per heavy atom. The standard InChI is InChI=1S/C17H18FNO2/c18-15-3-1-2-13(10-15)14(11-19)8-12-4-5-16-17(9-12)21-7-6-20-16/h1-5,9-10,14H,6-8,11,19H2. The lowest BCUT2D eigenvalue weighted by molar-refractivity contribution is 0.171. The zero-order valence-corrected chi connectivity index (χ0v) is 11.7. The van der Waals surface area contributed by atoms with Gasteiger partial charge in [-0.25, -0.2) is 4.39 Å². The highest BCUT2D eigenvalue weighted by Crippen LogP contribution is 2.32. The van der Waals surface area contributed by atoms with Crippen LogP contribution in [0, 0.1) is 5.82 Å². The van der Waals surface area contributed by atoms with Gasteiger partial charge in [0.05, 0.1) is 0 Å². The van der Waals surface area contributed by atoms with Crippen molar-refractivity contribution >= 4 is 0 Å². The van der Waals surface area contributed by atoms with E-state index in [1.165, 1.54) is 6.07 Å². The van der Waals surface area contributed by atoms with Crippen LogP contribution in [0.3, 0.4) is 0 Å². The van der Waals surface area contributed by atoms with Crippen LogP contribution in [-0.2, 0) is 6.42 Å². The highest BCUT2D eigenvalue weighted by Gasteiger charge is 2.15. The molecule has 0 fully saturated rings. The van der Waals surface area contributed by atoms with Gasteiger partial charge in [-0.05, 0) is 48.4 Å². The smallest absolute Gasteiger partial charge is 0.161 e. The maximum atomic E-state index is 13.4. The molecule has 0 amide bonds. The Hall–Kier alpha value is -2.07. The Bertz CT molecular complexity index is 630. The molecule has 3 rings (SSSR count). The minimum atomic E-state index is -0.229. The molecule has 1 atom stereocenters. The molecule has 2 aromatic rings. The summed E-state index contributed by atoms with van der Waals surface area (Å²) >= 11 is 0. The number of benzene rings is 2. The summed E-state index contributed by atoms with van der Waals surface area (Å²) in [5.74, 6) is 1.41. The maximum Gasteiger partial charge on any atom is 0.161 e. The van der Waals surface area contributed by atoms with Crippen molar-refractivity contribution in [3.05, 3.63) is 59.4 Å². The third-order valence-electron chi connectivity index (χ3n) is 3.69. The van der Waals surface area contributed by atoms with Crippen molar-refractivity contribution < 1.29 is 13.9 Å². The van der Waals surface area contributed by atoms with E-state index < -0.39 is 0 Å². The maximum absolute atomic E-state index is 13.4. The van der Waals surface area contributed by atoms with Gasteiger partial charge >= 0.3 is 0 Å². The number of hydrogen-bond donors (Lipinski definition) is 1. The Morgan fingerprint density at radius 1 is 1.05 bits per heavy atom. The lowest BCUT2D eigenvalue weighted by atomic mass is 9.92. The van der Waals surface area contributed by atoms with Gasteiger partial charge in [0.1, 0.15) is 19.0 Å². The number of fused-ring (bicyclic) bond motifs is 1. The second-order valence-electron chi connectivity index (χ2n) is 5.17. The number of nitrogens with two attached hydrogens (primary N) is 1. The number of ether oxygens (including phenoxy) is 2. The first-order chi connectivity index (χ1) is 10.3. The van der Waals surface area contributed by atoms with Crippen molar-refractivity contribution in [2.45, 2.75) is 12.3 Å². The van der Waals surface area contributed by atoms with E-state index >= 15 is 0 Å². The summed E-state index contributed by atoms with van der Waals surface area (Å²) in [5.41, 5.74) is 7.90. The Balaban J connectivity index is 1.81. The van der Waals surface area contributed by atoms with Gasteiger partial charge in [-0.15, -0.1) is 0 Å². The van der Waals surface area contributed by atoms with Gasteiger partial charge in [0, 0.05) is 5.92 Å². The van der Waals surface area contributed by atoms with Gasteiger partial charge < -0.3 is 15.2 Å². The van der Waals surface area contributed by atoms with Crippen LogP contribution < -0.4 is 15.2 Å². The number of halogens is 1. The van der Waals surface area contributed by atoms with Crippen LogP contribution in [-0.4, -0.2) is 19.8 Å². The third-order valence-corrected chi connectivity index (χ3v) is 3.69. The van der Waals surface area contributed by atoms with E-state index in [9.17, 15) is 4.39 Å². The van der Waals surface area contributed by atoms with E-state index in [2.05, 4.69) is 0 Å². The molecule has 110 valence electrons. The SMILES string of the molecule is NCC(Cc1ccc2c(c1)OCCO2)c1cccc(F)c1. The third kappa shape index (κ3) is 3.16. The number of hydrogen-bond acceptors (Lipinski definition) is 3. The molecule has 0 bridgehead atoms. The molecule has 1 unspecified atom stereocenters. The fraction of sp³-hybridized carbons (Fsp3) is 0.294. The van der Waals surface area contributed by atoms with Crippen molar-refractivity contribution in [1.29, 1.82) is 0 Å². The average molecular weight is 287 g/mol. The van der Waals surface area contributed by atoms with E-state index in [4.69, 9.17) is 15.2 Å². The molecule has 21 heavy (non-hydrogen) atoms. The average Bonchev–Trinajstić information content (AvgIpc) is 2.52. The molecular weight excluding hydrogens is 269 g/mol. The quantitative estimate of drug-likeness (QED) is 0.940. The van der Waals surface area contributed by atoms with Crippen LogP contribution in [0.15, 0.2) is 42.5 Å². The van der Waals surface area contributed by atoms with E-state index in [0.717, 1.165) is 29.0 Å². The van der Waals surface area contributed by atoms with Crippen LogP contribution in [0.5, 0.6) is 11.5 Å². The minimum absolute atomic E-state index is 0.0864. The largest absolute Gasteiger partial charge is 0.486 e. The van der Waals surface area contributed by atoms with Gasteiger partial charge in [-0.1, -0.05) is 18.2 Å². The van der Waals surface area contributed by atoms with E-state index in [0.29, 0.717) is 19.8 Å². The summed E-state index contributed by atoms with van der Waals surface area (Å²) in [6.07, 6.45) is 0.747. The van der Waals surface area contributed by atoms with Crippen LogP contribution in [0.2, 0.25) is 0 Å². The molecule has 3 nitrogen and oxygen atoms in total.